The van der Waals surface area contributed by atoms with Crippen molar-refractivity contribution in [2.45, 2.75) is 13.8 Å². The van der Waals surface area contributed by atoms with Crippen molar-refractivity contribution in [3.63, 3.8) is 0 Å². The molecule has 3 rings (SSSR count). The van der Waals surface area contributed by atoms with E-state index >= 15 is 0 Å². The summed E-state index contributed by atoms with van der Waals surface area (Å²) in [6.07, 6.45) is 1.63. The van der Waals surface area contributed by atoms with Gasteiger partial charge in [0.2, 0.25) is 0 Å². The number of aromatic hydroxyl groups is 1. The second kappa shape index (κ2) is 7.53. The molecule has 3 aromatic rings. The van der Waals surface area contributed by atoms with Crippen molar-refractivity contribution in [1.29, 1.82) is 0 Å². The van der Waals surface area contributed by atoms with Gasteiger partial charge in [-0.3, -0.25) is 4.99 Å². The van der Waals surface area contributed by atoms with Crippen LogP contribution in [0.15, 0.2) is 82.0 Å². The molecule has 0 aliphatic heterocycles. The quantitative estimate of drug-likeness (QED) is 0.451. The molecule has 0 saturated carbocycles. The minimum absolute atomic E-state index is 0.196. The lowest BCUT2D eigenvalue weighted by atomic mass is 10.2. The monoisotopic (exact) mass is 329 g/mol. The number of hydrogen-bond acceptors (Lipinski definition) is 4. The molecule has 0 fully saturated rings. The molecule has 0 atom stereocenters. The minimum atomic E-state index is 0.196. The highest BCUT2D eigenvalue weighted by atomic mass is 16.3. The number of rotatable bonds is 4. The molecular weight excluding hydrogens is 310 g/mol. The van der Waals surface area contributed by atoms with E-state index in [9.17, 15) is 5.11 Å². The molecule has 4 heteroatoms. The first kappa shape index (κ1) is 16.6. The Kier molecular flexibility index (Phi) is 5.00. The first-order valence-corrected chi connectivity index (χ1v) is 8.03. The average Bonchev–Trinajstić information content (AvgIpc) is 2.62. The van der Waals surface area contributed by atoms with Gasteiger partial charge in [-0.2, -0.15) is 5.11 Å². The predicted molar refractivity (Wildman–Crippen MR) is 102 cm³/mol. The molecule has 25 heavy (non-hydrogen) atoms. The van der Waals surface area contributed by atoms with Crippen LogP contribution in [0, 0.1) is 13.8 Å². The van der Waals surface area contributed by atoms with Crippen LogP contribution in [0.1, 0.15) is 16.7 Å². The van der Waals surface area contributed by atoms with E-state index in [2.05, 4.69) is 15.2 Å². The van der Waals surface area contributed by atoms with Gasteiger partial charge in [0.05, 0.1) is 11.4 Å². The van der Waals surface area contributed by atoms with E-state index in [0.29, 0.717) is 16.9 Å². The average molecular weight is 329 g/mol. The maximum Gasteiger partial charge on any atom is 0.124 e. The number of para-hydroxylation sites is 1. The van der Waals surface area contributed by atoms with Crippen molar-refractivity contribution in [2.75, 3.05) is 0 Å². The van der Waals surface area contributed by atoms with Gasteiger partial charge in [0.25, 0.3) is 0 Å². The van der Waals surface area contributed by atoms with Gasteiger partial charge < -0.3 is 5.11 Å². The minimum Gasteiger partial charge on any atom is -0.507 e. The third kappa shape index (κ3) is 4.38. The number of aliphatic imine (C=N–C) groups is 1. The summed E-state index contributed by atoms with van der Waals surface area (Å²) in [5, 5.41) is 18.5. The molecular formula is C21H19N3O. The summed E-state index contributed by atoms with van der Waals surface area (Å²) in [5.74, 6) is 0.196. The highest BCUT2D eigenvalue weighted by Gasteiger charge is 2.02. The number of azo groups is 1. The molecule has 0 aliphatic rings. The Morgan fingerprint density at radius 3 is 2.24 bits per heavy atom. The smallest absolute Gasteiger partial charge is 0.124 e. The topological polar surface area (TPSA) is 57.3 Å². The van der Waals surface area contributed by atoms with Gasteiger partial charge in [-0.1, -0.05) is 35.9 Å². The second-order valence-corrected chi connectivity index (χ2v) is 5.84. The molecule has 0 spiro atoms. The first-order chi connectivity index (χ1) is 12.1. The molecule has 0 unspecified atom stereocenters. The van der Waals surface area contributed by atoms with Gasteiger partial charge in [0.1, 0.15) is 11.4 Å². The van der Waals surface area contributed by atoms with E-state index in [0.717, 1.165) is 11.3 Å². The normalized spacial score (nSPS) is 11.4. The van der Waals surface area contributed by atoms with E-state index in [4.69, 9.17) is 0 Å². The van der Waals surface area contributed by atoms with Crippen LogP contribution >= 0.6 is 0 Å². The molecule has 0 radical (unpaired) electrons. The zero-order chi connectivity index (χ0) is 17.6. The Hall–Kier alpha value is -3.27. The van der Waals surface area contributed by atoms with E-state index in [1.54, 1.807) is 24.4 Å². The summed E-state index contributed by atoms with van der Waals surface area (Å²) in [6.45, 7) is 4.04. The van der Waals surface area contributed by atoms with Crippen molar-refractivity contribution in [3.8, 4) is 5.75 Å². The van der Waals surface area contributed by atoms with E-state index in [1.807, 2.05) is 62.4 Å². The van der Waals surface area contributed by atoms with Gasteiger partial charge in [0.15, 0.2) is 0 Å². The van der Waals surface area contributed by atoms with Crippen molar-refractivity contribution in [1.82, 2.24) is 0 Å². The molecule has 0 aromatic heterocycles. The third-order valence-electron chi connectivity index (χ3n) is 3.72. The molecule has 3 aromatic carbocycles. The van der Waals surface area contributed by atoms with Gasteiger partial charge in [0, 0.05) is 11.8 Å². The van der Waals surface area contributed by atoms with Crippen LogP contribution in [0.3, 0.4) is 0 Å². The van der Waals surface area contributed by atoms with E-state index in [-0.39, 0.29) is 5.75 Å². The zero-order valence-corrected chi connectivity index (χ0v) is 14.2. The molecule has 124 valence electrons. The van der Waals surface area contributed by atoms with E-state index in [1.165, 1.54) is 5.56 Å². The number of hydrogen-bond donors (Lipinski definition) is 1. The lowest BCUT2D eigenvalue weighted by Crippen LogP contribution is -1.81. The summed E-state index contributed by atoms with van der Waals surface area (Å²) >= 11 is 0. The van der Waals surface area contributed by atoms with Crippen LogP contribution in [0.5, 0.6) is 5.75 Å². The first-order valence-electron chi connectivity index (χ1n) is 8.03. The summed E-state index contributed by atoms with van der Waals surface area (Å²) < 4.78 is 0. The van der Waals surface area contributed by atoms with Gasteiger partial charge in [-0.15, -0.1) is 5.11 Å². The fraction of sp³-hybridized carbons (Fsp3) is 0.0952. The summed E-state index contributed by atoms with van der Waals surface area (Å²) in [7, 11) is 0. The lowest BCUT2D eigenvalue weighted by Gasteiger charge is -2.02. The van der Waals surface area contributed by atoms with Crippen molar-refractivity contribution in [2.24, 2.45) is 15.2 Å². The van der Waals surface area contributed by atoms with Crippen LogP contribution in [0.25, 0.3) is 0 Å². The van der Waals surface area contributed by atoms with Crippen molar-refractivity contribution >= 4 is 23.3 Å². The van der Waals surface area contributed by atoms with Gasteiger partial charge in [-0.05, 0) is 55.8 Å². The predicted octanol–water partition coefficient (Wildman–Crippen LogP) is 6.18. The fourth-order valence-electron chi connectivity index (χ4n) is 2.28. The molecule has 1 N–H and O–H groups in total. The van der Waals surface area contributed by atoms with Crippen LogP contribution in [0.2, 0.25) is 0 Å². The number of phenolic OH excluding ortho intramolecular Hbond substituents is 1. The van der Waals surface area contributed by atoms with Crippen LogP contribution in [-0.2, 0) is 0 Å². The number of phenols is 1. The van der Waals surface area contributed by atoms with Crippen molar-refractivity contribution in [3.05, 3.63) is 83.4 Å². The van der Waals surface area contributed by atoms with Crippen LogP contribution in [0.4, 0.5) is 17.1 Å². The summed E-state index contributed by atoms with van der Waals surface area (Å²) in [4.78, 5) is 4.47. The van der Waals surface area contributed by atoms with Gasteiger partial charge >= 0.3 is 0 Å². The maximum atomic E-state index is 9.84. The standard InChI is InChI=1S/C21H19N3O/c1-15-7-10-18(11-8-15)23-24-20-13-16(2)9-12-19(20)22-14-17-5-3-4-6-21(17)25/h3-14,25H,1-2H3. The van der Waals surface area contributed by atoms with Crippen LogP contribution in [-0.4, -0.2) is 11.3 Å². The summed E-state index contributed by atoms with van der Waals surface area (Å²) in [5.41, 5.74) is 5.10. The number of benzene rings is 3. The highest BCUT2D eigenvalue weighted by molar-refractivity contribution is 5.86. The molecule has 0 heterocycles. The largest absolute Gasteiger partial charge is 0.507 e. The maximum absolute atomic E-state index is 9.84. The SMILES string of the molecule is Cc1ccc(N=Nc2cc(C)ccc2N=Cc2ccccc2O)cc1. The summed E-state index contributed by atoms with van der Waals surface area (Å²) in [6, 6.07) is 20.7. The fourth-order valence-corrected chi connectivity index (χ4v) is 2.28. The Morgan fingerprint density at radius 2 is 1.48 bits per heavy atom. The van der Waals surface area contributed by atoms with E-state index < -0.39 is 0 Å². The Bertz CT molecular complexity index is 928. The molecule has 0 saturated heterocycles. The number of aryl methyl sites for hydroxylation is 2. The molecule has 4 nitrogen and oxygen atoms in total. The molecule has 0 bridgehead atoms. The third-order valence-corrected chi connectivity index (χ3v) is 3.72. The zero-order valence-electron chi connectivity index (χ0n) is 14.2. The Labute approximate surface area is 147 Å². The highest BCUT2D eigenvalue weighted by Crippen LogP contribution is 2.31. The number of nitrogens with zero attached hydrogens (tertiary/aromatic N) is 3. The van der Waals surface area contributed by atoms with Crippen molar-refractivity contribution < 1.29 is 5.11 Å². The lowest BCUT2D eigenvalue weighted by molar-refractivity contribution is 0.474. The molecule has 0 amide bonds. The van der Waals surface area contributed by atoms with Crippen LogP contribution < -0.4 is 0 Å². The Balaban J connectivity index is 1.90. The second-order valence-electron chi connectivity index (χ2n) is 5.84. The molecule has 0 aliphatic carbocycles. The van der Waals surface area contributed by atoms with Gasteiger partial charge in [-0.25, -0.2) is 0 Å². The Morgan fingerprint density at radius 1 is 0.760 bits per heavy atom.